The third-order valence-electron chi connectivity index (χ3n) is 2.81. The van der Waals surface area contributed by atoms with Crippen molar-refractivity contribution >= 4 is 17.3 Å². The minimum Gasteiger partial charge on any atom is -0.352 e. The molecule has 0 atom stereocenters. The Labute approximate surface area is 107 Å². The van der Waals surface area contributed by atoms with Crippen molar-refractivity contribution in [2.24, 2.45) is 0 Å². The number of hydrogen-bond acceptors (Lipinski definition) is 3. The Bertz CT molecular complexity index is 496. The topological polar surface area (TPSA) is 29.9 Å². The van der Waals surface area contributed by atoms with Crippen LogP contribution in [-0.2, 0) is 6.54 Å². The summed E-state index contributed by atoms with van der Waals surface area (Å²) in [6.07, 6.45) is 2.09. The summed E-state index contributed by atoms with van der Waals surface area (Å²) < 4.78 is 2.18. The fraction of sp³-hybridized carbons (Fsp3) is 0.462. The van der Waals surface area contributed by atoms with Crippen molar-refractivity contribution < 1.29 is 0 Å². The van der Waals surface area contributed by atoms with E-state index in [1.165, 1.54) is 11.1 Å². The molecule has 0 saturated heterocycles. The Morgan fingerprint density at radius 3 is 2.71 bits per heavy atom. The molecule has 0 aliphatic heterocycles. The summed E-state index contributed by atoms with van der Waals surface area (Å²) in [6, 6.07) is 0.433. The number of aryl methyl sites for hydroxylation is 2. The first-order valence-electron chi connectivity index (χ1n) is 5.89. The molecule has 0 fully saturated rings. The molecular formula is C13H19N3S. The lowest BCUT2D eigenvalue weighted by molar-refractivity contribution is 0.604. The van der Waals surface area contributed by atoms with Crippen molar-refractivity contribution in [3.05, 3.63) is 33.8 Å². The van der Waals surface area contributed by atoms with Gasteiger partial charge in [-0.25, -0.2) is 4.98 Å². The van der Waals surface area contributed by atoms with Gasteiger partial charge in [-0.2, -0.15) is 11.3 Å². The number of imidazole rings is 1. The number of anilines is 1. The predicted molar refractivity (Wildman–Crippen MR) is 73.7 cm³/mol. The van der Waals surface area contributed by atoms with Crippen molar-refractivity contribution in [2.75, 3.05) is 5.32 Å². The van der Waals surface area contributed by atoms with Crippen LogP contribution < -0.4 is 5.32 Å². The number of rotatable bonds is 4. The predicted octanol–water partition coefficient (Wildman–Crippen LogP) is 3.75. The summed E-state index contributed by atoms with van der Waals surface area (Å²) in [4.78, 5) is 4.52. The second-order valence-corrected chi connectivity index (χ2v) is 5.38. The minimum atomic E-state index is 0.433. The first-order valence-corrected chi connectivity index (χ1v) is 6.83. The molecule has 0 amide bonds. The molecule has 0 radical (unpaired) electrons. The highest BCUT2D eigenvalue weighted by atomic mass is 32.1. The largest absolute Gasteiger partial charge is 0.352 e. The van der Waals surface area contributed by atoms with Gasteiger partial charge in [-0.05, 0) is 49.6 Å². The van der Waals surface area contributed by atoms with Crippen LogP contribution in [0.1, 0.15) is 36.7 Å². The zero-order valence-corrected chi connectivity index (χ0v) is 11.6. The number of hydrogen-bond donors (Lipinski definition) is 1. The Kier molecular flexibility index (Phi) is 3.52. The van der Waals surface area contributed by atoms with Gasteiger partial charge in [-0.1, -0.05) is 0 Å². The van der Waals surface area contributed by atoms with Crippen LogP contribution >= 0.6 is 11.3 Å². The lowest BCUT2D eigenvalue weighted by Gasteiger charge is -2.12. The molecule has 0 aliphatic rings. The van der Waals surface area contributed by atoms with Crippen molar-refractivity contribution in [2.45, 2.75) is 40.3 Å². The SMILES string of the molecule is Cc1cn(C(C)C)c(NCc2cscc2C)n1. The Balaban J connectivity index is 2.11. The summed E-state index contributed by atoms with van der Waals surface area (Å²) in [5.41, 5.74) is 3.76. The Hall–Kier alpha value is -1.29. The van der Waals surface area contributed by atoms with Crippen molar-refractivity contribution in [1.82, 2.24) is 9.55 Å². The van der Waals surface area contributed by atoms with Gasteiger partial charge >= 0.3 is 0 Å². The normalized spacial score (nSPS) is 11.1. The first kappa shape index (κ1) is 12.2. The summed E-state index contributed by atoms with van der Waals surface area (Å²) >= 11 is 1.75. The molecule has 3 nitrogen and oxygen atoms in total. The van der Waals surface area contributed by atoms with E-state index in [2.05, 4.69) is 52.6 Å². The van der Waals surface area contributed by atoms with Gasteiger partial charge in [0.1, 0.15) is 0 Å². The van der Waals surface area contributed by atoms with Gasteiger partial charge in [0.25, 0.3) is 0 Å². The van der Waals surface area contributed by atoms with E-state index in [4.69, 9.17) is 0 Å². The average Bonchev–Trinajstić information content (AvgIpc) is 2.82. The third kappa shape index (κ3) is 2.69. The number of nitrogens with zero attached hydrogens (tertiary/aromatic N) is 2. The number of aromatic nitrogens is 2. The number of thiophene rings is 1. The lowest BCUT2D eigenvalue weighted by atomic mass is 10.2. The zero-order chi connectivity index (χ0) is 12.4. The molecule has 0 bridgehead atoms. The first-order chi connectivity index (χ1) is 8.08. The molecule has 1 N–H and O–H groups in total. The summed E-state index contributed by atoms with van der Waals surface area (Å²) in [5.74, 6) is 0.961. The Morgan fingerprint density at radius 2 is 2.12 bits per heavy atom. The van der Waals surface area contributed by atoms with Crippen LogP contribution in [0.4, 0.5) is 5.95 Å². The van der Waals surface area contributed by atoms with Gasteiger partial charge in [-0.15, -0.1) is 0 Å². The second kappa shape index (κ2) is 4.92. The maximum atomic E-state index is 4.52. The maximum Gasteiger partial charge on any atom is 0.203 e. The van der Waals surface area contributed by atoms with Crippen molar-refractivity contribution in [1.29, 1.82) is 0 Å². The molecule has 2 rings (SSSR count). The van der Waals surface area contributed by atoms with Crippen LogP contribution in [0.25, 0.3) is 0 Å². The van der Waals surface area contributed by atoms with Crippen LogP contribution in [0.5, 0.6) is 0 Å². The van der Waals surface area contributed by atoms with E-state index < -0.39 is 0 Å². The highest BCUT2D eigenvalue weighted by molar-refractivity contribution is 7.08. The van der Waals surface area contributed by atoms with E-state index in [0.717, 1.165) is 18.2 Å². The van der Waals surface area contributed by atoms with E-state index in [-0.39, 0.29) is 0 Å². The second-order valence-electron chi connectivity index (χ2n) is 4.64. The van der Waals surface area contributed by atoms with E-state index in [0.29, 0.717) is 6.04 Å². The summed E-state index contributed by atoms with van der Waals surface area (Å²) in [6.45, 7) is 9.36. The molecule has 0 saturated carbocycles. The van der Waals surface area contributed by atoms with Crippen LogP contribution in [0.3, 0.4) is 0 Å². The van der Waals surface area contributed by atoms with E-state index in [1.807, 2.05) is 6.92 Å². The fourth-order valence-corrected chi connectivity index (χ4v) is 2.64. The van der Waals surface area contributed by atoms with Gasteiger partial charge in [-0.3, -0.25) is 0 Å². The van der Waals surface area contributed by atoms with Crippen LogP contribution in [0.15, 0.2) is 17.0 Å². The minimum absolute atomic E-state index is 0.433. The Morgan fingerprint density at radius 1 is 1.35 bits per heavy atom. The highest BCUT2D eigenvalue weighted by Crippen LogP contribution is 2.18. The maximum absolute atomic E-state index is 4.52. The van der Waals surface area contributed by atoms with E-state index >= 15 is 0 Å². The van der Waals surface area contributed by atoms with Gasteiger partial charge in [0.05, 0.1) is 5.69 Å². The molecule has 0 spiro atoms. The van der Waals surface area contributed by atoms with Crippen molar-refractivity contribution in [3.63, 3.8) is 0 Å². The molecule has 0 aromatic carbocycles. The molecular weight excluding hydrogens is 230 g/mol. The molecule has 0 aliphatic carbocycles. The van der Waals surface area contributed by atoms with Gasteiger partial charge in [0.2, 0.25) is 5.95 Å². The summed E-state index contributed by atoms with van der Waals surface area (Å²) in [7, 11) is 0. The summed E-state index contributed by atoms with van der Waals surface area (Å²) in [5, 5.41) is 7.79. The quantitative estimate of drug-likeness (QED) is 0.894. The fourth-order valence-electron chi connectivity index (χ4n) is 1.78. The molecule has 2 aromatic rings. The van der Waals surface area contributed by atoms with E-state index in [1.54, 1.807) is 11.3 Å². The lowest BCUT2D eigenvalue weighted by Crippen LogP contribution is -2.08. The standard InChI is InChI=1S/C13H19N3S/c1-9(2)16-6-11(4)15-13(16)14-5-12-8-17-7-10(12)3/h6-9H,5H2,1-4H3,(H,14,15). The van der Waals surface area contributed by atoms with E-state index in [9.17, 15) is 0 Å². The van der Waals surface area contributed by atoms with Crippen LogP contribution in [0, 0.1) is 13.8 Å². The molecule has 4 heteroatoms. The van der Waals surface area contributed by atoms with Crippen molar-refractivity contribution in [3.8, 4) is 0 Å². The molecule has 2 heterocycles. The highest BCUT2D eigenvalue weighted by Gasteiger charge is 2.08. The third-order valence-corrected chi connectivity index (χ3v) is 3.72. The van der Waals surface area contributed by atoms with Crippen LogP contribution in [0.2, 0.25) is 0 Å². The molecule has 0 unspecified atom stereocenters. The molecule has 2 aromatic heterocycles. The van der Waals surface area contributed by atoms with Gasteiger partial charge in [0, 0.05) is 18.8 Å². The average molecular weight is 249 g/mol. The molecule has 92 valence electrons. The van der Waals surface area contributed by atoms with Gasteiger partial charge < -0.3 is 9.88 Å². The monoisotopic (exact) mass is 249 g/mol. The zero-order valence-electron chi connectivity index (χ0n) is 10.8. The van der Waals surface area contributed by atoms with Crippen LogP contribution in [-0.4, -0.2) is 9.55 Å². The number of nitrogens with one attached hydrogen (secondary N) is 1. The van der Waals surface area contributed by atoms with Gasteiger partial charge in [0.15, 0.2) is 0 Å². The molecule has 17 heavy (non-hydrogen) atoms. The smallest absolute Gasteiger partial charge is 0.203 e.